The van der Waals surface area contributed by atoms with Gasteiger partial charge in [0.25, 0.3) is 0 Å². The Morgan fingerprint density at radius 3 is 2.04 bits per heavy atom. The number of nitrogens with zero attached hydrogens (tertiary/aromatic N) is 3. The van der Waals surface area contributed by atoms with E-state index in [2.05, 4.69) is 9.88 Å². The van der Waals surface area contributed by atoms with Crippen LogP contribution in [0, 0.1) is 5.39 Å². The van der Waals surface area contributed by atoms with Crippen LogP contribution in [0.1, 0.15) is 0 Å². The number of ether oxygens (including phenoxy) is 2. The van der Waals surface area contributed by atoms with Gasteiger partial charge in [-0.2, -0.15) is 0 Å². The van der Waals surface area contributed by atoms with Crippen LogP contribution in [-0.4, -0.2) is 40.5 Å². The number of para-hydroxylation sites is 1. The summed E-state index contributed by atoms with van der Waals surface area (Å²) in [6, 6.07) is 15.0. The van der Waals surface area contributed by atoms with Gasteiger partial charge in [-0.25, -0.2) is 0 Å². The van der Waals surface area contributed by atoms with Crippen molar-refractivity contribution in [1.82, 2.24) is 0 Å². The molecule has 154 valence electrons. The van der Waals surface area contributed by atoms with Crippen LogP contribution in [0.2, 0.25) is 0 Å². The summed E-state index contributed by atoms with van der Waals surface area (Å²) in [5.41, 5.74) is 1.45. The first-order valence-corrected chi connectivity index (χ1v) is 12.2. The Labute approximate surface area is 157 Å². The first-order chi connectivity index (χ1) is 12.8. The molecule has 5 nitrogen and oxygen atoms in total. The molecule has 3 rings (SSSR count). The molecule has 0 unspecified atom stereocenters. The fourth-order valence-corrected chi connectivity index (χ4v) is 2.33. The summed E-state index contributed by atoms with van der Waals surface area (Å²) in [5, 5.41) is 8.97. The molecule has 0 N–H and O–H groups in total. The zero-order valence-electron chi connectivity index (χ0n) is 14.3. The van der Waals surface area contributed by atoms with Crippen molar-refractivity contribution in [2.45, 2.75) is 0 Å². The van der Waals surface area contributed by atoms with E-state index in [9.17, 15) is 20.8 Å². The summed E-state index contributed by atoms with van der Waals surface area (Å²) in [7, 11) is 0. The fraction of sp³-hybridized carbons (Fsp3) is 0.250. The van der Waals surface area contributed by atoms with Gasteiger partial charge in [-0.15, -0.1) is 0 Å². The number of rotatable bonds is 3. The van der Waals surface area contributed by atoms with Crippen LogP contribution in [0.4, 0.5) is 32.2 Å². The van der Waals surface area contributed by atoms with Gasteiger partial charge in [0.1, 0.15) is 5.75 Å². The van der Waals surface area contributed by atoms with Crippen molar-refractivity contribution in [2.24, 2.45) is 0 Å². The number of hydrogen-bond donors (Lipinski definition) is 0. The molecule has 12 heteroatoms. The molecule has 0 radical (unpaired) electrons. The van der Waals surface area contributed by atoms with Crippen molar-refractivity contribution in [1.29, 1.82) is 5.39 Å². The second kappa shape index (κ2) is 7.53. The minimum Gasteiger partial charge on any atom is -0.455 e. The van der Waals surface area contributed by atoms with Gasteiger partial charge >= 0.3 is 40.7 Å². The molecule has 0 spiro atoms. The fourth-order valence-electron chi connectivity index (χ4n) is 2.33. The molecule has 0 aromatic heterocycles. The molecule has 1 heterocycles. The molecule has 1 aliphatic rings. The molecule has 1 fully saturated rings. The van der Waals surface area contributed by atoms with Crippen LogP contribution < -0.4 is 9.64 Å². The molecule has 28 heavy (non-hydrogen) atoms. The number of morpholine rings is 1. The van der Waals surface area contributed by atoms with E-state index in [-0.39, 0.29) is 0 Å². The van der Waals surface area contributed by atoms with Crippen molar-refractivity contribution in [2.75, 3.05) is 31.2 Å². The minimum absolute atomic E-state index is 0.470. The molecule has 2 aromatic rings. The Hall–Kier alpha value is -2.44. The molecule has 1 aliphatic heterocycles. The van der Waals surface area contributed by atoms with Crippen LogP contribution in [0.25, 0.3) is 4.98 Å². The third-order valence-corrected chi connectivity index (χ3v) is 3.38. The summed E-state index contributed by atoms with van der Waals surface area (Å²) in [5.74, 6) is 1.43. The van der Waals surface area contributed by atoms with Gasteiger partial charge < -0.3 is 14.4 Å². The second-order valence-corrected chi connectivity index (χ2v) is 9.75. The van der Waals surface area contributed by atoms with E-state index in [1.54, 1.807) is 12.1 Å². The number of anilines is 1. The third-order valence-electron chi connectivity index (χ3n) is 3.38. The molecule has 0 bridgehead atoms. The van der Waals surface area contributed by atoms with E-state index in [0.29, 0.717) is 24.7 Å². The molecule has 0 atom stereocenters. The Kier molecular flexibility index (Phi) is 5.87. The van der Waals surface area contributed by atoms with E-state index < -0.39 is 14.2 Å². The smallest absolute Gasteiger partial charge is 0.388 e. The van der Waals surface area contributed by atoms with Gasteiger partial charge in [-0.1, -0.05) is 18.2 Å². The average Bonchev–Trinajstić information content (AvgIpc) is 2.60. The topological polar surface area (TPSA) is 49.9 Å². The maximum Gasteiger partial charge on any atom is 0.388 e. The van der Waals surface area contributed by atoms with Crippen LogP contribution in [-0.2, 0) is 4.74 Å². The van der Waals surface area contributed by atoms with Gasteiger partial charge in [0.15, 0.2) is 10.7 Å². The van der Waals surface area contributed by atoms with Crippen molar-refractivity contribution in [3.05, 3.63) is 53.5 Å². The third kappa shape index (κ3) is 8.97. The molecule has 1 saturated heterocycles. The molecular formula is C16H16AsF6N3O2. The van der Waals surface area contributed by atoms with Crippen molar-refractivity contribution in [3.8, 4) is 11.5 Å². The van der Waals surface area contributed by atoms with Crippen LogP contribution in [0.5, 0.6) is 11.5 Å². The summed E-state index contributed by atoms with van der Waals surface area (Å²) >= 11 is -11.1. The summed E-state index contributed by atoms with van der Waals surface area (Å²) in [4.78, 5) is 5.45. The van der Waals surface area contributed by atoms with Crippen molar-refractivity contribution >= 4 is 25.5 Å². The van der Waals surface area contributed by atoms with Gasteiger partial charge in [0.2, 0.25) is 5.39 Å². The van der Waals surface area contributed by atoms with Gasteiger partial charge in [-0.3, -0.25) is 0 Å². The SMILES string of the molecule is F[As-](F)(F)(F)(F)F.N#[N+]c1ccc(N2CCOCC2)c(Oc2ccccc2)c1. The molecule has 2 aromatic carbocycles. The Bertz CT molecular complexity index is 839. The molecule has 0 saturated carbocycles. The predicted molar refractivity (Wildman–Crippen MR) is 93.1 cm³/mol. The molecular weight excluding hydrogens is 455 g/mol. The Morgan fingerprint density at radius 2 is 1.50 bits per heavy atom. The Balaban J connectivity index is 0.000000345. The maximum atomic E-state index is 9.91. The first-order valence-electron chi connectivity index (χ1n) is 7.93. The zero-order valence-corrected chi connectivity index (χ0v) is 16.2. The largest absolute Gasteiger partial charge is 0.455 e. The van der Waals surface area contributed by atoms with E-state index >= 15 is 0 Å². The number of halogens is 6. The van der Waals surface area contributed by atoms with E-state index in [1.807, 2.05) is 36.4 Å². The van der Waals surface area contributed by atoms with E-state index in [4.69, 9.17) is 14.9 Å². The predicted octanol–water partition coefficient (Wildman–Crippen LogP) is 5.94. The number of hydrogen-bond acceptors (Lipinski definition) is 4. The van der Waals surface area contributed by atoms with Crippen LogP contribution in [0.3, 0.4) is 0 Å². The van der Waals surface area contributed by atoms with Crippen LogP contribution in [0.15, 0.2) is 48.5 Å². The minimum atomic E-state index is -11.1. The number of diazo groups is 1. The van der Waals surface area contributed by atoms with E-state index in [1.165, 1.54) is 0 Å². The monoisotopic (exact) mass is 471 g/mol. The van der Waals surface area contributed by atoms with Gasteiger partial charge in [0, 0.05) is 19.2 Å². The first kappa shape index (κ1) is 21.9. The summed E-state index contributed by atoms with van der Waals surface area (Å²) < 4.78 is 70.8. The van der Waals surface area contributed by atoms with Gasteiger partial charge in [0.05, 0.1) is 25.0 Å². The van der Waals surface area contributed by atoms with Gasteiger partial charge in [-0.05, 0) is 18.2 Å². The molecule has 0 aliphatic carbocycles. The van der Waals surface area contributed by atoms with Crippen LogP contribution >= 0.6 is 0 Å². The second-order valence-electron chi connectivity index (χ2n) is 5.72. The summed E-state index contributed by atoms with van der Waals surface area (Å²) in [6.45, 7) is 3.05. The maximum absolute atomic E-state index is 11.1. The zero-order chi connectivity index (χ0) is 20.9. The summed E-state index contributed by atoms with van der Waals surface area (Å²) in [6.07, 6.45) is 0. The Morgan fingerprint density at radius 1 is 0.929 bits per heavy atom. The number of benzene rings is 2. The van der Waals surface area contributed by atoms with E-state index in [0.717, 1.165) is 24.5 Å². The normalized spacial score (nSPS) is 16.7. The van der Waals surface area contributed by atoms with Crippen molar-refractivity contribution in [3.63, 3.8) is 0 Å². The quantitative estimate of drug-likeness (QED) is 0.316. The standard InChI is InChI=1S/C16H16N3O2.AsF6/c17-18-13-6-7-15(19-8-10-20-11-9-19)16(12-13)21-14-4-2-1-3-5-14;2-1(3,4,5,6)7/h1-7,12H,8-11H2;/q+1;-1. The average molecular weight is 471 g/mol. The molecule has 0 amide bonds. The van der Waals surface area contributed by atoms with Crippen molar-refractivity contribution < 1.29 is 30.3 Å².